The molecule has 1 aliphatic heterocycles. The van der Waals surface area contributed by atoms with E-state index in [1.807, 2.05) is 0 Å². The molecule has 0 saturated carbocycles. The van der Waals surface area contributed by atoms with Gasteiger partial charge in [-0.25, -0.2) is 9.97 Å². The SMILES string of the molecule is OC[C@@H]1CCC(O)(n2cnc3c(O)ncnc32)O1. The first-order valence-electron chi connectivity index (χ1n) is 5.52. The van der Waals surface area contributed by atoms with E-state index >= 15 is 0 Å². The van der Waals surface area contributed by atoms with Crippen molar-refractivity contribution >= 4 is 11.2 Å². The average molecular weight is 252 g/mol. The third-order valence-corrected chi connectivity index (χ3v) is 3.04. The van der Waals surface area contributed by atoms with E-state index in [0.717, 1.165) is 0 Å². The summed E-state index contributed by atoms with van der Waals surface area (Å²) in [5.41, 5.74) is 0.477. The van der Waals surface area contributed by atoms with E-state index in [2.05, 4.69) is 15.0 Å². The van der Waals surface area contributed by atoms with E-state index in [4.69, 9.17) is 9.84 Å². The molecular weight excluding hydrogens is 240 g/mol. The van der Waals surface area contributed by atoms with Gasteiger partial charge >= 0.3 is 0 Å². The van der Waals surface area contributed by atoms with Gasteiger partial charge in [-0.1, -0.05) is 0 Å². The second kappa shape index (κ2) is 3.87. The first-order valence-corrected chi connectivity index (χ1v) is 5.52. The van der Waals surface area contributed by atoms with Crippen molar-refractivity contribution in [3.63, 3.8) is 0 Å². The largest absolute Gasteiger partial charge is 0.492 e. The fourth-order valence-corrected chi connectivity index (χ4v) is 2.12. The van der Waals surface area contributed by atoms with E-state index in [1.165, 1.54) is 17.2 Å². The minimum Gasteiger partial charge on any atom is -0.492 e. The van der Waals surface area contributed by atoms with Crippen LogP contribution in [-0.4, -0.2) is 47.5 Å². The molecule has 2 atom stereocenters. The molecule has 96 valence electrons. The first-order chi connectivity index (χ1) is 8.64. The summed E-state index contributed by atoms with van der Waals surface area (Å²) < 4.78 is 6.71. The second-order valence-electron chi connectivity index (χ2n) is 4.19. The maximum Gasteiger partial charge on any atom is 0.255 e. The minimum absolute atomic E-state index is 0.158. The van der Waals surface area contributed by atoms with Gasteiger partial charge in [0.2, 0.25) is 5.88 Å². The molecule has 3 heterocycles. The third kappa shape index (κ3) is 1.54. The number of aromatic hydroxyl groups is 1. The molecule has 0 aromatic carbocycles. The van der Waals surface area contributed by atoms with Crippen LogP contribution in [0.3, 0.4) is 0 Å². The molecule has 18 heavy (non-hydrogen) atoms. The lowest BCUT2D eigenvalue weighted by Gasteiger charge is -2.24. The quantitative estimate of drug-likeness (QED) is 0.648. The Morgan fingerprint density at radius 1 is 1.44 bits per heavy atom. The van der Waals surface area contributed by atoms with Crippen molar-refractivity contribution in [2.24, 2.45) is 0 Å². The number of imidazole rings is 1. The van der Waals surface area contributed by atoms with Crippen molar-refractivity contribution < 1.29 is 20.1 Å². The summed E-state index contributed by atoms with van der Waals surface area (Å²) in [6, 6.07) is 0. The van der Waals surface area contributed by atoms with E-state index in [-0.39, 0.29) is 23.7 Å². The zero-order valence-electron chi connectivity index (χ0n) is 9.39. The van der Waals surface area contributed by atoms with Gasteiger partial charge < -0.3 is 20.1 Å². The highest BCUT2D eigenvalue weighted by atomic mass is 16.7. The Labute approximate surface area is 102 Å². The van der Waals surface area contributed by atoms with Gasteiger partial charge in [0.05, 0.1) is 12.7 Å². The number of hydrogen-bond donors (Lipinski definition) is 3. The van der Waals surface area contributed by atoms with E-state index in [1.54, 1.807) is 0 Å². The van der Waals surface area contributed by atoms with Crippen LogP contribution in [0.5, 0.6) is 5.88 Å². The van der Waals surface area contributed by atoms with Crippen LogP contribution >= 0.6 is 0 Å². The normalized spacial score (nSPS) is 28.0. The number of fused-ring (bicyclic) bond motifs is 1. The van der Waals surface area contributed by atoms with Crippen LogP contribution in [0.15, 0.2) is 12.7 Å². The third-order valence-electron chi connectivity index (χ3n) is 3.04. The molecule has 2 aromatic heterocycles. The monoisotopic (exact) mass is 252 g/mol. The van der Waals surface area contributed by atoms with Crippen molar-refractivity contribution in [3.05, 3.63) is 12.7 Å². The highest BCUT2D eigenvalue weighted by molar-refractivity contribution is 5.75. The molecule has 2 aromatic rings. The average Bonchev–Trinajstić information content (AvgIpc) is 2.94. The molecule has 0 amide bonds. The van der Waals surface area contributed by atoms with E-state index in [9.17, 15) is 10.2 Å². The van der Waals surface area contributed by atoms with Crippen LogP contribution in [0.4, 0.5) is 0 Å². The summed E-state index contributed by atoms with van der Waals surface area (Å²) in [6.45, 7) is -0.158. The molecule has 8 heteroatoms. The zero-order valence-corrected chi connectivity index (χ0v) is 9.39. The van der Waals surface area contributed by atoms with Gasteiger partial charge in [0.25, 0.3) is 5.91 Å². The number of hydrogen-bond acceptors (Lipinski definition) is 7. The highest BCUT2D eigenvalue weighted by Gasteiger charge is 2.41. The van der Waals surface area contributed by atoms with Gasteiger partial charge in [0.15, 0.2) is 11.2 Å². The Morgan fingerprint density at radius 2 is 2.28 bits per heavy atom. The summed E-state index contributed by atoms with van der Waals surface area (Å²) in [6.07, 6.45) is 2.94. The van der Waals surface area contributed by atoms with Gasteiger partial charge in [0.1, 0.15) is 12.7 Å². The van der Waals surface area contributed by atoms with E-state index < -0.39 is 12.0 Å². The molecule has 0 bridgehead atoms. The summed E-state index contributed by atoms with van der Waals surface area (Å²) in [4.78, 5) is 11.5. The Hall–Kier alpha value is -1.77. The summed E-state index contributed by atoms with van der Waals surface area (Å²) in [5, 5.41) is 28.9. The topological polar surface area (TPSA) is 114 Å². The van der Waals surface area contributed by atoms with Crippen LogP contribution in [0.25, 0.3) is 11.2 Å². The maximum atomic E-state index is 10.4. The molecule has 0 radical (unpaired) electrons. The number of aliphatic hydroxyl groups excluding tert-OH is 1. The predicted molar refractivity (Wildman–Crippen MR) is 58.4 cm³/mol. The molecule has 3 N–H and O–H groups in total. The Morgan fingerprint density at radius 3 is 3.00 bits per heavy atom. The second-order valence-corrected chi connectivity index (χ2v) is 4.19. The lowest BCUT2D eigenvalue weighted by Crippen LogP contribution is -2.33. The smallest absolute Gasteiger partial charge is 0.255 e. The van der Waals surface area contributed by atoms with Gasteiger partial charge in [-0.3, -0.25) is 4.57 Å². The van der Waals surface area contributed by atoms with Gasteiger partial charge in [-0.05, 0) is 6.42 Å². The van der Waals surface area contributed by atoms with Crippen LogP contribution in [-0.2, 0) is 10.6 Å². The van der Waals surface area contributed by atoms with E-state index in [0.29, 0.717) is 12.8 Å². The zero-order chi connectivity index (χ0) is 12.8. The molecule has 8 nitrogen and oxygen atoms in total. The van der Waals surface area contributed by atoms with Crippen molar-refractivity contribution in [2.75, 3.05) is 6.61 Å². The predicted octanol–water partition coefficient (Wildman–Crippen LogP) is -0.694. The van der Waals surface area contributed by atoms with Gasteiger partial charge in [0, 0.05) is 6.42 Å². The highest BCUT2D eigenvalue weighted by Crippen LogP contribution is 2.34. The lowest BCUT2D eigenvalue weighted by atomic mass is 10.2. The Kier molecular flexibility index (Phi) is 2.44. The number of aliphatic hydroxyl groups is 2. The van der Waals surface area contributed by atoms with Crippen LogP contribution in [0.1, 0.15) is 12.8 Å². The molecule has 1 aliphatic rings. The molecule has 1 unspecified atom stereocenters. The summed E-state index contributed by atoms with van der Waals surface area (Å²) in [7, 11) is 0. The number of ether oxygens (including phenoxy) is 1. The Balaban J connectivity index is 2.07. The molecular formula is C10H12N4O4. The van der Waals surface area contributed by atoms with Crippen LogP contribution in [0, 0.1) is 0 Å². The van der Waals surface area contributed by atoms with Gasteiger partial charge in [-0.2, -0.15) is 4.98 Å². The molecule has 1 fully saturated rings. The van der Waals surface area contributed by atoms with Crippen molar-refractivity contribution in [3.8, 4) is 5.88 Å². The van der Waals surface area contributed by atoms with Crippen molar-refractivity contribution in [2.45, 2.75) is 24.9 Å². The number of rotatable bonds is 2. The van der Waals surface area contributed by atoms with Crippen LogP contribution < -0.4 is 0 Å². The summed E-state index contributed by atoms with van der Waals surface area (Å²) in [5.74, 6) is -1.85. The van der Waals surface area contributed by atoms with Gasteiger partial charge in [-0.15, -0.1) is 0 Å². The van der Waals surface area contributed by atoms with Crippen molar-refractivity contribution in [1.82, 2.24) is 19.5 Å². The molecule has 0 aliphatic carbocycles. The molecule has 0 spiro atoms. The standard InChI is InChI=1S/C10H12N4O4/c15-3-6-1-2-10(17,18-6)14-5-13-7-8(14)11-4-12-9(7)16/h4-6,15,17H,1-3H2,(H,11,12,16)/t6-,10?/m0/s1. The van der Waals surface area contributed by atoms with Crippen LogP contribution in [0.2, 0.25) is 0 Å². The molecule has 1 saturated heterocycles. The maximum absolute atomic E-state index is 10.4. The number of nitrogens with zero attached hydrogens (tertiary/aromatic N) is 4. The minimum atomic E-state index is -1.59. The van der Waals surface area contributed by atoms with Crippen molar-refractivity contribution in [1.29, 1.82) is 0 Å². The lowest BCUT2D eigenvalue weighted by molar-refractivity contribution is -0.254. The molecule has 3 rings (SSSR count). The fourth-order valence-electron chi connectivity index (χ4n) is 2.12. The summed E-state index contributed by atoms with van der Waals surface area (Å²) >= 11 is 0. The number of aromatic nitrogens is 4. The fraction of sp³-hybridized carbons (Fsp3) is 0.500. The Bertz CT molecular complexity index is 586. The first kappa shape index (κ1) is 11.3.